The Morgan fingerprint density at radius 1 is 1.19 bits per heavy atom. The Balaban J connectivity index is 1.53. The van der Waals surface area contributed by atoms with Crippen LogP contribution in [0.3, 0.4) is 0 Å². The van der Waals surface area contributed by atoms with Gasteiger partial charge in [0.1, 0.15) is 5.75 Å². The Hall–Kier alpha value is -2.24. The summed E-state index contributed by atoms with van der Waals surface area (Å²) < 4.78 is 5.43. The standard InChI is InChI=1S/C21H26ClN3O2/c1-3-27-18-10-8-17(9-11-18)23-21(26)16(2)24-12-14-25(15-13-24)20-7-5-4-6-19(20)22/h4-11,16H,3,12-15H2,1-2H3,(H,23,26)/p+1/t16-/m1/s1. The zero-order valence-electron chi connectivity index (χ0n) is 15.9. The second-order valence-electron chi connectivity index (χ2n) is 6.77. The molecule has 0 unspecified atom stereocenters. The third-order valence-electron chi connectivity index (χ3n) is 5.04. The molecule has 1 saturated heterocycles. The first kappa shape index (κ1) is 19.5. The molecule has 0 spiro atoms. The van der Waals surface area contributed by atoms with Crippen molar-refractivity contribution in [3.63, 3.8) is 0 Å². The summed E-state index contributed by atoms with van der Waals surface area (Å²) in [5.41, 5.74) is 1.87. The molecule has 1 aliphatic rings. The molecule has 27 heavy (non-hydrogen) atoms. The molecule has 0 aliphatic carbocycles. The molecule has 1 fully saturated rings. The van der Waals surface area contributed by atoms with Gasteiger partial charge in [-0.25, -0.2) is 0 Å². The largest absolute Gasteiger partial charge is 0.494 e. The highest BCUT2D eigenvalue weighted by Crippen LogP contribution is 2.24. The first-order valence-corrected chi connectivity index (χ1v) is 9.84. The molecule has 1 atom stereocenters. The van der Waals surface area contributed by atoms with E-state index in [0.717, 1.165) is 48.3 Å². The fourth-order valence-electron chi connectivity index (χ4n) is 3.41. The van der Waals surface area contributed by atoms with Crippen LogP contribution in [-0.2, 0) is 4.79 Å². The Morgan fingerprint density at radius 3 is 2.48 bits per heavy atom. The van der Waals surface area contributed by atoms with Gasteiger partial charge in [-0.3, -0.25) is 4.79 Å². The van der Waals surface area contributed by atoms with Crippen LogP contribution in [0.5, 0.6) is 5.75 Å². The number of nitrogens with one attached hydrogen (secondary N) is 2. The summed E-state index contributed by atoms with van der Waals surface area (Å²) in [6.07, 6.45) is 0. The number of benzene rings is 2. The molecule has 2 N–H and O–H groups in total. The molecule has 1 heterocycles. The van der Waals surface area contributed by atoms with Crippen LogP contribution in [-0.4, -0.2) is 44.7 Å². The molecular formula is C21H27ClN3O2+. The molecule has 5 nitrogen and oxygen atoms in total. The van der Waals surface area contributed by atoms with Crippen LogP contribution >= 0.6 is 11.6 Å². The van der Waals surface area contributed by atoms with E-state index in [2.05, 4.69) is 16.3 Å². The Kier molecular flexibility index (Phi) is 6.58. The molecule has 1 amide bonds. The molecule has 2 aromatic carbocycles. The van der Waals surface area contributed by atoms with E-state index >= 15 is 0 Å². The average Bonchev–Trinajstić information content (AvgIpc) is 2.70. The lowest BCUT2D eigenvalue weighted by atomic mass is 10.2. The molecular weight excluding hydrogens is 362 g/mol. The van der Waals surface area contributed by atoms with Crippen LogP contribution in [0.1, 0.15) is 13.8 Å². The highest BCUT2D eigenvalue weighted by atomic mass is 35.5. The van der Waals surface area contributed by atoms with E-state index < -0.39 is 0 Å². The summed E-state index contributed by atoms with van der Waals surface area (Å²) in [7, 11) is 0. The predicted molar refractivity (Wildman–Crippen MR) is 110 cm³/mol. The number of halogens is 1. The Bertz CT molecular complexity index is 758. The quantitative estimate of drug-likeness (QED) is 0.799. The number of ether oxygens (including phenoxy) is 1. The van der Waals surface area contributed by atoms with E-state index in [4.69, 9.17) is 16.3 Å². The first-order chi connectivity index (χ1) is 13.1. The van der Waals surface area contributed by atoms with Gasteiger partial charge in [-0.2, -0.15) is 0 Å². The summed E-state index contributed by atoms with van der Waals surface area (Å²) in [5, 5.41) is 3.79. The number of quaternary nitrogens is 1. The van der Waals surface area contributed by atoms with Crippen LogP contribution < -0.4 is 19.9 Å². The number of amides is 1. The van der Waals surface area contributed by atoms with Gasteiger partial charge >= 0.3 is 0 Å². The van der Waals surface area contributed by atoms with Crippen molar-refractivity contribution in [3.05, 3.63) is 53.6 Å². The fraction of sp³-hybridized carbons (Fsp3) is 0.381. The molecule has 144 valence electrons. The SMILES string of the molecule is CCOc1ccc(NC(=O)[C@@H](C)[NH+]2CCN(c3ccccc3Cl)CC2)cc1. The molecule has 6 heteroatoms. The number of para-hydroxylation sites is 1. The minimum Gasteiger partial charge on any atom is -0.494 e. The van der Waals surface area contributed by atoms with Crippen molar-refractivity contribution in [1.82, 2.24) is 0 Å². The topological polar surface area (TPSA) is 46.0 Å². The second-order valence-corrected chi connectivity index (χ2v) is 7.17. The van der Waals surface area contributed by atoms with Crippen LogP contribution in [0, 0.1) is 0 Å². The zero-order chi connectivity index (χ0) is 19.2. The van der Waals surface area contributed by atoms with E-state index in [-0.39, 0.29) is 11.9 Å². The van der Waals surface area contributed by atoms with E-state index in [1.807, 2.05) is 56.3 Å². The van der Waals surface area contributed by atoms with Gasteiger partial charge in [0.25, 0.3) is 5.91 Å². The number of nitrogens with zero attached hydrogens (tertiary/aromatic N) is 1. The summed E-state index contributed by atoms with van der Waals surface area (Å²) in [6.45, 7) is 8.16. The number of hydrogen-bond donors (Lipinski definition) is 2. The second kappa shape index (κ2) is 9.11. The Labute approximate surface area is 165 Å². The van der Waals surface area contributed by atoms with Gasteiger partial charge < -0.3 is 19.9 Å². The molecule has 0 saturated carbocycles. The molecule has 0 bridgehead atoms. The smallest absolute Gasteiger partial charge is 0.282 e. The van der Waals surface area contributed by atoms with Gasteiger partial charge in [0, 0.05) is 5.69 Å². The van der Waals surface area contributed by atoms with E-state index in [9.17, 15) is 4.79 Å². The van der Waals surface area contributed by atoms with Crippen LogP contribution in [0.2, 0.25) is 5.02 Å². The van der Waals surface area contributed by atoms with Crippen molar-refractivity contribution in [3.8, 4) is 5.75 Å². The van der Waals surface area contributed by atoms with Crippen molar-refractivity contribution in [2.24, 2.45) is 0 Å². The third-order valence-corrected chi connectivity index (χ3v) is 5.36. The van der Waals surface area contributed by atoms with Crippen molar-refractivity contribution >= 4 is 28.9 Å². The lowest BCUT2D eigenvalue weighted by Gasteiger charge is -2.36. The maximum Gasteiger partial charge on any atom is 0.282 e. The number of hydrogen-bond acceptors (Lipinski definition) is 3. The molecule has 2 aromatic rings. The van der Waals surface area contributed by atoms with E-state index in [1.165, 1.54) is 4.90 Å². The highest BCUT2D eigenvalue weighted by molar-refractivity contribution is 6.33. The predicted octanol–water partition coefficient (Wildman–Crippen LogP) is 2.47. The van der Waals surface area contributed by atoms with Gasteiger partial charge in [0.2, 0.25) is 0 Å². The number of rotatable bonds is 6. The molecule has 0 radical (unpaired) electrons. The molecule has 0 aromatic heterocycles. The van der Waals surface area contributed by atoms with Gasteiger partial charge in [-0.15, -0.1) is 0 Å². The summed E-state index contributed by atoms with van der Waals surface area (Å²) in [5.74, 6) is 0.852. The van der Waals surface area contributed by atoms with Crippen LogP contribution in [0.25, 0.3) is 0 Å². The van der Waals surface area contributed by atoms with Gasteiger partial charge in [-0.05, 0) is 50.2 Å². The Morgan fingerprint density at radius 2 is 1.85 bits per heavy atom. The van der Waals surface area contributed by atoms with Crippen molar-refractivity contribution in [1.29, 1.82) is 0 Å². The number of piperazine rings is 1. The summed E-state index contributed by atoms with van der Waals surface area (Å²) >= 11 is 6.31. The maximum absolute atomic E-state index is 12.6. The normalized spacial score (nSPS) is 16.0. The van der Waals surface area contributed by atoms with Crippen molar-refractivity contribution in [2.45, 2.75) is 19.9 Å². The monoisotopic (exact) mass is 388 g/mol. The lowest BCUT2D eigenvalue weighted by Crippen LogP contribution is -3.19. The number of anilines is 2. The number of carbonyl (C=O) groups is 1. The molecule has 1 aliphatic heterocycles. The minimum atomic E-state index is -0.107. The van der Waals surface area contributed by atoms with Crippen molar-refractivity contribution in [2.75, 3.05) is 43.0 Å². The van der Waals surface area contributed by atoms with Crippen molar-refractivity contribution < 1.29 is 14.4 Å². The van der Waals surface area contributed by atoms with E-state index in [1.54, 1.807) is 0 Å². The van der Waals surface area contributed by atoms with E-state index in [0.29, 0.717) is 6.61 Å². The average molecular weight is 389 g/mol. The van der Waals surface area contributed by atoms with Crippen LogP contribution in [0.4, 0.5) is 11.4 Å². The minimum absolute atomic E-state index is 0.0420. The zero-order valence-corrected chi connectivity index (χ0v) is 16.6. The first-order valence-electron chi connectivity index (χ1n) is 9.46. The van der Waals surface area contributed by atoms with Gasteiger partial charge in [0.15, 0.2) is 6.04 Å². The number of carbonyl (C=O) groups excluding carboxylic acids is 1. The third kappa shape index (κ3) is 4.93. The summed E-state index contributed by atoms with van der Waals surface area (Å²) in [6, 6.07) is 15.3. The summed E-state index contributed by atoms with van der Waals surface area (Å²) in [4.78, 5) is 16.2. The van der Waals surface area contributed by atoms with Gasteiger partial charge in [-0.1, -0.05) is 23.7 Å². The highest BCUT2D eigenvalue weighted by Gasteiger charge is 2.29. The van der Waals surface area contributed by atoms with Crippen LogP contribution in [0.15, 0.2) is 48.5 Å². The van der Waals surface area contributed by atoms with Gasteiger partial charge in [0.05, 0.1) is 43.5 Å². The molecule has 3 rings (SSSR count). The fourth-order valence-corrected chi connectivity index (χ4v) is 3.67. The lowest BCUT2D eigenvalue weighted by molar-refractivity contribution is -0.914. The maximum atomic E-state index is 12.6.